The largest absolute Gasteiger partial charge is 0.508 e. The minimum atomic E-state index is -1.92. The number of rotatable bonds is 44. The molecule has 4 aromatic rings. The normalized spacial score (nSPS) is 13.4. The summed E-state index contributed by atoms with van der Waals surface area (Å²) in [7, 11) is 3.80. The van der Waals surface area contributed by atoms with Gasteiger partial charge < -0.3 is 121 Å². The lowest BCUT2D eigenvalue weighted by molar-refractivity contribution is -0.137. The van der Waals surface area contributed by atoms with Crippen LogP contribution in [0.25, 0.3) is 33.4 Å². The summed E-state index contributed by atoms with van der Waals surface area (Å²) in [6, 6.07) is 14.7. The minimum Gasteiger partial charge on any atom is -0.508 e. The van der Waals surface area contributed by atoms with Gasteiger partial charge in [-0.2, -0.15) is 10.2 Å². The zero-order valence-corrected chi connectivity index (χ0v) is 65.7. The summed E-state index contributed by atoms with van der Waals surface area (Å²) >= 11 is 5.32. The van der Waals surface area contributed by atoms with Crippen molar-refractivity contribution in [3.8, 4) is 28.2 Å². The SMILES string of the molecule is CC(=O)N[C@@H](CCC(N)=O)C(=O)N[C@H](C(=O)N[C@@H](C)C(=O)N[C@@H](CCCNC(=N)N)C(=O)N[C@@H](CCCCNC(=O)c1ccc(N=Nc2ccc(N(C)C)cc2)cc1)C(=O)N[C@@H](CO)C(=O)N[C@H](C(=O)NCC(=O)NCC(=O)NCCCN(C(N)=S)c1ccc(-c2c3ccc(=O)cc-3oc3cc(O)ccc23)c(C(=O)O)c1)[C@@H](C)O)[C@@H](C)O. The molecule has 12 amide bonds. The van der Waals surface area contributed by atoms with Crippen molar-refractivity contribution < 1.29 is 92.3 Å². The van der Waals surface area contributed by atoms with Gasteiger partial charge in [-0.1, -0.05) is 6.07 Å². The van der Waals surface area contributed by atoms with Gasteiger partial charge in [0.2, 0.25) is 65.0 Å². The molecule has 4 aromatic carbocycles. The molecule has 0 radical (unpaired) electrons. The summed E-state index contributed by atoms with van der Waals surface area (Å²) in [4.78, 5) is 188. The molecule has 1 aliphatic heterocycles. The van der Waals surface area contributed by atoms with Crippen LogP contribution in [0, 0.1) is 5.41 Å². The van der Waals surface area contributed by atoms with Crippen LogP contribution in [0.1, 0.15) is 99.8 Å². The van der Waals surface area contributed by atoms with E-state index in [9.17, 15) is 92.7 Å². The molecule has 0 bridgehead atoms. The van der Waals surface area contributed by atoms with E-state index >= 15 is 0 Å². The van der Waals surface area contributed by atoms with E-state index in [-0.39, 0.29) is 128 Å². The maximum Gasteiger partial charge on any atom is 0.336 e. The maximum absolute atomic E-state index is 14.5. The Morgan fingerprint density at radius 2 is 1.09 bits per heavy atom. The number of anilines is 2. The summed E-state index contributed by atoms with van der Waals surface area (Å²) in [5.74, 6) is -13.0. The number of hydrogen-bond acceptors (Lipinski definition) is 24. The number of guanidine groups is 1. The second kappa shape index (κ2) is 45.0. The molecule has 0 spiro atoms. The van der Waals surface area contributed by atoms with Gasteiger partial charge in [-0.05, 0) is 168 Å². The van der Waals surface area contributed by atoms with Crippen molar-refractivity contribution in [1.29, 1.82) is 5.41 Å². The number of carboxylic acids is 1. The molecule has 628 valence electrons. The van der Waals surface area contributed by atoms with Gasteiger partial charge >= 0.3 is 5.97 Å². The molecule has 0 aromatic heterocycles. The number of nitrogens with one attached hydrogen (secondary N) is 13. The molecule has 2 aliphatic rings. The van der Waals surface area contributed by atoms with Gasteiger partial charge in [-0.25, -0.2) is 4.79 Å². The fraction of sp³-hybridized carbons (Fsp3) is 0.395. The third-order valence-electron chi connectivity index (χ3n) is 17.8. The van der Waals surface area contributed by atoms with Crippen LogP contribution in [0.4, 0.5) is 22.7 Å². The highest BCUT2D eigenvalue weighted by Crippen LogP contribution is 2.43. The Labute approximate surface area is 675 Å². The number of phenols is 1. The van der Waals surface area contributed by atoms with Crippen molar-refractivity contribution in [1.82, 2.24) is 63.8 Å². The Bertz CT molecular complexity index is 4660. The van der Waals surface area contributed by atoms with Gasteiger partial charge in [-0.15, -0.1) is 0 Å². The monoisotopic (exact) mass is 1640 g/mol. The maximum atomic E-state index is 14.5. The molecular formula is C76H98N20O20S. The van der Waals surface area contributed by atoms with Crippen molar-refractivity contribution in [3.05, 3.63) is 124 Å². The second-order valence-corrected chi connectivity index (χ2v) is 27.7. The molecular weight excluding hydrogens is 1550 g/mol. The number of carboxylic acid groups (broad SMARTS) is 1. The molecule has 1 aliphatic carbocycles. The third kappa shape index (κ3) is 29.0. The van der Waals surface area contributed by atoms with Gasteiger partial charge in [-0.3, -0.25) is 67.7 Å². The second-order valence-electron chi connectivity index (χ2n) is 27.2. The van der Waals surface area contributed by atoms with Gasteiger partial charge in [0.05, 0.1) is 48.8 Å². The Morgan fingerprint density at radius 3 is 1.68 bits per heavy atom. The third-order valence-corrected chi connectivity index (χ3v) is 18.0. The number of aromatic hydroxyl groups is 1. The average Bonchev–Trinajstić information content (AvgIpc) is 0.745. The van der Waals surface area contributed by atoms with Crippen molar-refractivity contribution in [2.24, 2.45) is 27.4 Å². The van der Waals surface area contributed by atoms with Crippen molar-refractivity contribution >= 4 is 134 Å². The van der Waals surface area contributed by atoms with E-state index < -0.39 is 157 Å². The number of aromatic carboxylic acids is 1. The average molecular weight is 1640 g/mol. The van der Waals surface area contributed by atoms with Crippen LogP contribution in [0.5, 0.6) is 5.75 Å². The minimum absolute atomic E-state index is 0.0141. The molecule has 1 heterocycles. The van der Waals surface area contributed by atoms with Crippen LogP contribution in [0.15, 0.2) is 123 Å². The van der Waals surface area contributed by atoms with E-state index in [0.717, 1.165) is 26.5 Å². The Balaban J connectivity index is 1.08. The zero-order chi connectivity index (χ0) is 86.3. The van der Waals surface area contributed by atoms with E-state index in [1.165, 1.54) is 66.4 Å². The summed E-state index contributed by atoms with van der Waals surface area (Å²) in [6.07, 6.45) is -4.02. The highest BCUT2D eigenvalue weighted by Gasteiger charge is 2.36. The first kappa shape index (κ1) is 92.6. The Hall–Kier alpha value is -13.3. The number of nitrogens with two attached hydrogens (primary N) is 3. The van der Waals surface area contributed by atoms with Crippen molar-refractivity contribution in [2.75, 3.05) is 69.8 Å². The number of unbranched alkanes of at least 4 members (excludes halogenated alkanes) is 1. The molecule has 117 heavy (non-hydrogen) atoms. The highest BCUT2D eigenvalue weighted by molar-refractivity contribution is 7.80. The fourth-order valence-corrected chi connectivity index (χ4v) is 11.8. The fourth-order valence-electron chi connectivity index (χ4n) is 11.6. The number of hydrogen-bond donors (Lipinski definition) is 21. The quantitative estimate of drug-likeness (QED) is 0.00520. The van der Waals surface area contributed by atoms with E-state index in [4.69, 9.17) is 39.2 Å². The van der Waals surface area contributed by atoms with Gasteiger partial charge in [0.25, 0.3) is 5.91 Å². The lowest BCUT2D eigenvalue weighted by Crippen LogP contribution is -2.61. The lowest BCUT2D eigenvalue weighted by Gasteiger charge is -2.27. The number of primary amides is 1. The molecule has 0 saturated carbocycles. The molecule has 0 saturated heterocycles. The summed E-state index contributed by atoms with van der Waals surface area (Å²) in [6.45, 7) is 1.98. The Morgan fingerprint density at radius 1 is 0.556 bits per heavy atom. The van der Waals surface area contributed by atoms with Crippen LogP contribution in [-0.2, 0) is 52.7 Å². The number of benzene rings is 5. The van der Waals surface area contributed by atoms with Gasteiger partial charge in [0, 0.05) is 99.2 Å². The van der Waals surface area contributed by atoms with E-state index in [2.05, 4.69) is 74.0 Å². The smallest absolute Gasteiger partial charge is 0.336 e. The molecule has 0 unspecified atom stereocenters. The van der Waals surface area contributed by atoms with Crippen molar-refractivity contribution in [2.45, 2.75) is 134 Å². The van der Waals surface area contributed by atoms with E-state index in [0.29, 0.717) is 27.9 Å². The molecule has 9 atom stereocenters. The zero-order valence-electron chi connectivity index (χ0n) is 64.9. The number of nitrogens with zero attached hydrogens (tertiary/aromatic N) is 4. The number of phenolic OH excluding ortho intramolecular Hbond substituents is 1. The first-order chi connectivity index (χ1) is 55.4. The molecule has 41 heteroatoms. The topological polar surface area (TPSA) is 631 Å². The van der Waals surface area contributed by atoms with E-state index in [1.807, 2.05) is 31.1 Å². The predicted octanol–water partition coefficient (Wildman–Crippen LogP) is -1.44. The molecule has 24 N–H and O–H groups in total. The number of aliphatic hydroxyl groups excluding tert-OH is 3. The van der Waals surface area contributed by atoms with Crippen LogP contribution in [0.2, 0.25) is 0 Å². The van der Waals surface area contributed by atoms with Gasteiger partial charge in [0.1, 0.15) is 59.4 Å². The first-order valence-corrected chi connectivity index (χ1v) is 37.3. The van der Waals surface area contributed by atoms with Gasteiger partial charge in [0.15, 0.2) is 16.5 Å². The highest BCUT2D eigenvalue weighted by atomic mass is 32.1. The number of thiocarbonyl (C=S) groups is 1. The number of aliphatic hydroxyl groups is 3. The van der Waals surface area contributed by atoms with Crippen LogP contribution in [-0.4, -0.2) is 228 Å². The Kier molecular flexibility index (Phi) is 35.6. The number of azo groups is 1. The number of fused-ring (bicyclic) bond motifs is 2. The predicted molar refractivity (Wildman–Crippen MR) is 431 cm³/mol. The van der Waals surface area contributed by atoms with E-state index in [1.54, 1.807) is 36.4 Å². The number of carbonyl (C=O) groups excluding carboxylic acids is 12. The summed E-state index contributed by atoms with van der Waals surface area (Å²) < 4.78 is 5.92. The van der Waals surface area contributed by atoms with Crippen LogP contribution < -0.4 is 96.2 Å². The summed E-state index contributed by atoms with van der Waals surface area (Å²) in [5, 5.41) is 97.9. The summed E-state index contributed by atoms with van der Waals surface area (Å²) in [5.41, 5.74) is 20.1. The first-order valence-electron chi connectivity index (χ1n) is 36.9. The standard InChI is InChI=1S/C76H98N20O20S/c1-39(86-73(113)65(41(3)99)92-70(110)56(87-42(4)100)27-28-60(77)103)66(106)88-55(12-9-30-83-75(78)79)68(108)89-54(11-7-8-29-82-67(107)43-13-15-44(16-14-43)93-94-45-17-19-46(20-18-45)95(5)6)69(109)90-57(38-97)71(111)91-64(40(2)98)72(112)85-37-62(105)84-36-61(104)81-31-10-32-96(76(80)117)47-21-24-50(53(33-47)74(114)115)63-51-25-22-48(101)34-58(51)116-59-35-49(102)23-26-52(59)63/h13-26,33-35,39-41,54-57,64-65,97-99,101H,7-12,27-32,36-38H2,1-6H3,(H2,77,103)(H2,80,117)(H,81,104)(H,82,107)(H,84,105)(H,85,112)(H,86,113)(H,87,100)(H,88,106)(H,89,108)(H,90,109)(H,91,111)(H,92,110)(H,114,115)(H4,78,79,83)/t39-,40+,41+,54-,55-,56-,57-,64-,65-/m0/s1. The van der Waals surface area contributed by atoms with Crippen molar-refractivity contribution in [3.63, 3.8) is 0 Å². The number of carbonyl (C=O) groups is 13. The number of amides is 12. The van der Waals surface area contributed by atoms with Crippen LogP contribution >= 0.6 is 12.2 Å². The molecule has 0 fully saturated rings. The van der Waals surface area contributed by atoms with Crippen LogP contribution in [0.3, 0.4) is 0 Å². The molecule has 40 nitrogen and oxygen atoms in total. The molecule has 6 rings (SSSR count). The lowest BCUT2D eigenvalue weighted by atomic mass is 9.90.